The SMILES string of the molecule is Cc1noc(C)c1CN1CC[C@H]2C[C@@H]1C(=O)N(Cc1ccccn1)C2. The fourth-order valence-corrected chi connectivity index (χ4v) is 4.07. The first-order valence-electron chi connectivity index (χ1n) is 8.96. The highest BCUT2D eigenvalue weighted by atomic mass is 16.5. The molecule has 0 aliphatic carbocycles. The molecule has 0 unspecified atom stereocenters. The molecule has 0 aromatic carbocycles. The standard InChI is InChI=1S/C19H24N4O2/c1-13-17(14(2)25-21-13)12-22-8-6-15-9-18(22)19(24)23(10-15)11-16-5-3-4-7-20-16/h3-5,7,15,18H,6,8-12H2,1-2H3/t15-,18+/m0/s1. The zero-order valence-corrected chi connectivity index (χ0v) is 14.8. The highest BCUT2D eigenvalue weighted by Gasteiger charge is 2.41. The van der Waals surface area contributed by atoms with Crippen molar-refractivity contribution in [1.29, 1.82) is 0 Å². The Bertz CT molecular complexity index is 739. The Labute approximate surface area is 147 Å². The van der Waals surface area contributed by atoms with E-state index in [0.29, 0.717) is 12.5 Å². The summed E-state index contributed by atoms with van der Waals surface area (Å²) < 4.78 is 5.29. The largest absolute Gasteiger partial charge is 0.361 e. The fraction of sp³-hybridized carbons (Fsp3) is 0.526. The summed E-state index contributed by atoms with van der Waals surface area (Å²) in [4.78, 5) is 21.7. The van der Waals surface area contributed by atoms with E-state index in [9.17, 15) is 4.79 Å². The van der Waals surface area contributed by atoms with Gasteiger partial charge in [0.05, 0.1) is 24.0 Å². The van der Waals surface area contributed by atoms with Crippen molar-refractivity contribution in [2.75, 3.05) is 13.1 Å². The summed E-state index contributed by atoms with van der Waals surface area (Å²) >= 11 is 0. The molecule has 2 aliphatic heterocycles. The van der Waals surface area contributed by atoms with Crippen LogP contribution in [0, 0.1) is 19.8 Å². The molecule has 6 nitrogen and oxygen atoms in total. The van der Waals surface area contributed by atoms with E-state index in [0.717, 1.165) is 55.2 Å². The molecule has 2 aromatic heterocycles. The van der Waals surface area contributed by atoms with E-state index in [2.05, 4.69) is 15.0 Å². The molecule has 2 aromatic rings. The summed E-state index contributed by atoms with van der Waals surface area (Å²) in [5.41, 5.74) is 2.99. The number of hydrogen-bond donors (Lipinski definition) is 0. The van der Waals surface area contributed by atoms with Crippen LogP contribution >= 0.6 is 0 Å². The van der Waals surface area contributed by atoms with Crippen molar-refractivity contribution in [2.45, 2.75) is 45.8 Å². The van der Waals surface area contributed by atoms with Crippen LogP contribution in [0.4, 0.5) is 0 Å². The van der Waals surface area contributed by atoms with E-state index in [4.69, 9.17) is 4.52 Å². The van der Waals surface area contributed by atoms with Crippen molar-refractivity contribution < 1.29 is 9.32 Å². The molecule has 4 heterocycles. The topological polar surface area (TPSA) is 62.5 Å². The predicted molar refractivity (Wildman–Crippen MR) is 92.6 cm³/mol. The van der Waals surface area contributed by atoms with Crippen molar-refractivity contribution in [2.24, 2.45) is 5.92 Å². The quantitative estimate of drug-likeness (QED) is 0.855. The highest BCUT2D eigenvalue weighted by molar-refractivity contribution is 5.83. The number of fused-ring (bicyclic) bond motifs is 2. The summed E-state index contributed by atoms with van der Waals surface area (Å²) in [6, 6.07) is 5.83. The van der Waals surface area contributed by atoms with Gasteiger partial charge in [0.1, 0.15) is 5.76 Å². The lowest BCUT2D eigenvalue weighted by Gasteiger charge is -2.46. The Morgan fingerprint density at radius 1 is 1.28 bits per heavy atom. The van der Waals surface area contributed by atoms with Crippen LogP contribution in [0.15, 0.2) is 28.9 Å². The molecule has 2 saturated heterocycles. The zero-order chi connectivity index (χ0) is 17.4. The number of carbonyl (C=O) groups excluding carboxylic acids is 1. The molecular formula is C19H24N4O2. The highest BCUT2D eigenvalue weighted by Crippen LogP contribution is 2.32. The molecular weight excluding hydrogens is 316 g/mol. The first kappa shape index (κ1) is 16.3. The summed E-state index contributed by atoms with van der Waals surface area (Å²) in [6.07, 6.45) is 3.88. The third kappa shape index (κ3) is 3.18. The number of aryl methyl sites for hydroxylation is 2. The van der Waals surface area contributed by atoms with Crippen LogP contribution in [0.5, 0.6) is 0 Å². The molecule has 25 heavy (non-hydrogen) atoms. The summed E-state index contributed by atoms with van der Waals surface area (Å²) in [5.74, 6) is 1.67. The van der Waals surface area contributed by atoms with Gasteiger partial charge in [-0.15, -0.1) is 0 Å². The Balaban J connectivity index is 1.51. The second-order valence-electron chi connectivity index (χ2n) is 7.22. The smallest absolute Gasteiger partial charge is 0.240 e. The predicted octanol–water partition coefficient (Wildman–Crippen LogP) is 2.31. The average molecular weight is 340 g/mol. The summed E-state index contributed by atoms with van der Waals surface area (Å²) in [7, 11) is 0. The number of amides is 1. The van der Waals surface area contributed by atoms with Gasteiger partial charge in [0.15, 0.2) is 0 Å². The second-order valence-corrected chi connectivity index (χ2v) is 7.22. The van der Waals surface area contributed by atoms with Gasteiger partial charge in [-0.25, -0.2) is 0 Å². The first-order valence-corrected chi connectivity index (χ1v) is 8.96. The van der Waals surface area contributed by atoms with E-state index >= 15 is 0 Å². The normalized spacial score (nSPS) is 23.9. The summed E-state index contributed by atoms with van der Waals surface area (Å²) in [6.45, 7) is 7.06. The third-order valence-electron chi connectivity index (χ3n) is 5.52. The van der Waals surface area contributed by atoms with Gasteiger partial charge in [-0.1, -0.05) is 11.2 Å². The first-order chi connectivity index (χ1) is 12.1. The van der Waals surface area contributed by atoms with E-state index in [-0.39, 0.29) is 11.9 Å². The molecule has 1 amide bonds. The molecule has 2 fully saturated rings. The zero-order valence-electron chi connectivity index (χ0n) is 14.8. The number of nitrogens with zero attached hydrogens (tertiary/aromatic N) is 4. The van der Waals surface area contributed by atoms with Gasteiger partial charge < -0.3 is 9.42 Å². The van der Waals surface area contributed by atoms with Crippen LogP contribution in [0.25, 0.3) is 0 Å². The van der Waals surface area contributed by atoms with Crippen molar-refractivity contribution in [3.63, 3.8) is 0 Å². The number of hydrogen-bond acceptors (Lipinski definition) is 5. The fourth-order valence-electron chi connectivity index (χ4n) is 4.07. The van der Waals surface area contributed by atoms with Crippen LogP contribution in [0.2, 0.25) is 0 Å². The lowest BCUT2D eigenvalue weighted by atomic mass is 9.85. The van der Waals surface area contributed by atoms with Gasteiger partial charge in [-0.05, 0) is 51.3 Å². The van der Waals surface area contributed by atoms with Gasteiger partial charge in [-0.2, -0.15) is 0 Å². The number of piperidine rings is 2. The Hall–Kier alpha value is -2.21. The minimum Gasteiger partial charge on any atom is -0.361 e. The molecule has 4 rings (SSSR count). The minimum absolute atomic E-state index is 0.0371. The third-order valence-corrected chi connectivity index (χ3v) is 5.52. The second kappa shape index (κ2) is 6.59. The van der Waals surface area contributed by atoms with Gasteiger partial charge in [0, 0.05) is 24.8 Å². The number of rotatable bonds is 4. The maximum atomic E-state index is 13.1. The Morgan fingerprint density at radius 2 is 2.16 bits per heavy atom. The van der Waals surface area contributed by atoms with Gasteiger partial charge in [-0.3, -0.25) is 14.7 Å². The maximum absolute atomic E-state index is 13.1. The molecule has 0 saturated carbocycles. The molecule has 2 bridgehead atoms. The van der Waals surface area contributed by atoms with Crippen molar-refractivity contribution in [1.82, 2.24) is 19.9 Å². The van der Waals surface area contributed by atoms with Crippen LogP contribution in [-0.2, 0) is 17.9 Å². The van der Waals surface area contributed by atoms with Gasteiger partial charge in [0.2, 0.25) is 5.91 Å². The minimum atomic E-state index is -0.0371. The molecule has 0 N–H and O–H groups in total. The molecule has 132 valence electrons. The lowest BCUT2D eigenvalue weighted by Crippen LogP contribution is -2.58. The van der Waals surface area contributed by atoms with Gasteiger partial charge >= 0.3 is 0 Å². The van der Waals surface area contributed by atoms with Crippen molar-refractivity contribution in [3.05, 3.63) is 47.1 Å². The van der Waals surface area contributed by atoms with Gasteiger partial charge in [0.25, 0.3) is 0 Å². The number of pyridine rings is 1. The van der Waals surface area contributed by atoms with Crippen LogP contribution < -0.4 is 0 Å². The van der Waals surface area contributed by atoms with E-state index in [1.807, 2.05) is 36.9 Å². The van der Waals surface area contributed by atoms with E-state index in [1.54, 1.807) is 6.20 Å². The van der Waals surface area contributed by atoms with E-state index in [1.165, 1.54) is 0 Å². The molecule has 6 heteroatoms. The number of carbonyl (C=O) groups is 1. The maximum Gasteiger partial charge on any atom is 0.240 e. The van der Waals surface area contributed by atoms with Crippen molar-refractivity contribution in [3.8, 4) is 0 Å². The summed E-state index contributed by atoms with van der Waals surface area (Å²) in [5, 5.41) is 4.05. The van der Waals surface area contributed by atoms with Crippen LogP contribution in [-0.4, -0.2) is 45.0 Å². The Kier molecular flexibility index (Phi) is 4.29. The molecule has 2 atom stereocenters. The molecule has 2 aliphatic rings. The Morgan fingerprint density at radius 3 is 2.88 bits per heavy atom. The van der Waals surface area contributed by atoms with E-state index < -0.39 is 0 Å². The van der Waals surface area contributed by atoms with Crippen LogP contribution in [0.3, 0.4) is 0 Å². The number of aromatic nitrogens is 2. The lowest BCUT2D eigenvalue weighted by molar-refractivity contribution is -0.146. The molecule has 0 spiro atoms. The van der Waals surface area contributed by atoms with Crippen LogP contribution in [0.1, 0.15) is 35.6 Å². The average Bonchev–Trinajstić information content (AvgIpc) is 2.94. The molecule has 0 radical (unpaired) electrons. The monoisotopic (exact) mass is 340 g/mol. The number of likely N-dealkylation sites (tertiary alicyclic amines) is 2. The van der Waals surface area contributed by atoms with Crippen molar-refractivity contribution >= 4 is 5.91 Å².